The van der Waals surface area contributed by atoms with Crippen LogP contribution in [0.1, 0.15) is 5.56 Å². The Hall–Kier alpha value is -1.86. The van der Waals surface area contributed by atoms with Crippen molar-refractivity contribution in [3.63, 3.8) is 0 Å². The second-order valence-electron chi connectivity index (χ2n) is 3.67. The van der Waals surface area contributed by atoms with Crippen molar-refractivity contribution in [2.75, 3.05) is 6.54 Å². The summed E-state index contributed by atoms with van der Waals surface area (Å²) in [7, 11) is 0. The maximum Gasteiger partial charge on any atom is 0.334 e. The average Bonchev–Trinajstić information content (AvgIpc) is 2.37. The summed E-state index contributed by atoms with van der Waals surface area (Å²) in [6.45, 7) is -0.319. The van der Waals surface area contributed by atoms with Gasteiger partial charge in [-0.15, -0.1) is 0 Å². The number of rotatable bonds is 5. The number of hydrogen-bond donors (Lipinski definition) is 4. The van der Waals surface area contributed by atoms with E-state index in [0.29, 0.717) is 5.56 Å². The van der Waals surface area contributed by atoms with Crippen LogP contribution in [0.2, 0.25) is 5.02 Å². The van der Waals surface area contributed by atoms with E-state index in [1.807, 2.05) is 0 Å². The Morgan fingerprint density at radius 2 is 2.05 bits per heavy atom. The molecule has 1 rings (SSSR count). The third-order valence-corrected chi connectivity index (χ3v) is 2.47. The molecule has 0 radical (unpaired) electrons. The van der Waals surface area contributed by atoms with Crippen molar-refractivity contribution in [3.05, 3.63) is 34.6 Å². The predicted octanol–water partition coefficient (Wildman–Crippen LogP) is 0.724. The van der Waals surface area contributed by atoms with Crippen molar-refractivity contribution in [1.29, 1.82) is 0 Å². The van der Waals surface area contributed by atoms with Crippen LogP contribution in [0.15, 0.2) is 18.2 Å². The Bertz CT molecular complexity index is 484. The number of amides is 2. The lowest BCUT2D eigenvalue weighted by Crippen LogP contribution is -2.41. The lowest BCUT2D eigenvalue weighted by atomic mass is 10.2. The van der Waals surface area contributed by atoms with Crippen LogP contribution in [-0.2, 0) is 11.3 Å². The van der Waals surface area contributed by atoms with Gasteiger partial charge in [0.2, 0.25) is 0 Å². The molecule has 1 aromatic carbocycles. The third-order valence-electron chi connectivity index (χ3n) is 2.18. The van der Waals surface area contributed by atoms with Gasteiger partial charge in [-0.05, 0) is 17.7 Å². The number of carbonyl (C=O) groups excluding carboxylic acids is 1. The first-order valence-corrected chi connectivity index (χ1v) is 5.64. The molecule has 1 aromatic rings. The molecule has 1 atom stereocenters. The van der Waals surface area contributed by atoms with Crippen molar-refractivity contribution in [2.45, 2.75) is 12.6 Å². The first kappa shape index (κ1) is 15.2. The summed E-state index contributed by atoms with van der Waals surface area (Å²) >= 11 is 5.57. The van der Waals surface area contributed by atoms with E-state index in [4.69, 9.17) is 21.8 Å². The van der Waals surface area contributed by atoms with Gasteiger partial charge in [-0.1, -0.05) is 17.7 Å². The van der Waals surface area contributed by atoms with E-state index in [2.05, 4.69) is 10.6 Å². The van der Waals surface area contributed by atoms with Crippen molar-refractivity contribution < 1.29 is 24.2 Å². The second kappa shape index (κ2) is 6.91. The molecule has 0 heterocycles. The minimum atomic E-state index is -1.66. The van der Waals surface area contributed by atoms with E-state index >= 15 is 0 Å². The second-order valence-corrected chi connectivity index (χ2v) is 4.07. The van der Waals surface area contributed by atoms with Crippen molar-refractivity contribution in [1.82, 2.24) is 10.6 Å². The molecule has 4 N–H and O–H groups in total. The summed E-state index contributed by atoms with van der Waals surface area (Å²) < 4.78 is 12.9. The van der Waals surface area contributed by atoms with Gasteiger partial charge in [0.15, 0.2) is 6.10 Å². The Morgan fingerprint density at radius 3 is 2.63 bits per heavy atom. The zero-order valence-corrected chi connectivity index (χ0v) is 10.4. The highest BCUT2D eigenvalue weighted by Gasteiger charge is 2.13. The molecule has 8 heteroatoms. The maximum absolute atomic E-state index is 12.9. The summed E-state index contributed by atoms with van der Waals surface area (Å²) in [4.78, 5) is 21.6. The number of urea groups is 1. The number of aliphatic carboxylic acids is 1. The summed E-state index contributed by atoms with van der Waals surface area (Å²) in [5.74, 6) is -1.98. The molecule has 0 saturated heterocycles. The van der Waals surface area contributed by atoms with Gasteiger partial charge in [0, 0.05) is 6.54 Å². The SMILES string of the molecule is O=C(NCc1ccc(F)c(Cl)c1)NCC(O)C(=O)O. The highest BCUT2D eigenvalue weighted by atomic mass is 35.5. The van der Waals surface area contributed by atoms with Gasteiger partial charge in [0.05, 0.1) is 11.6 Å². The molecule has 0 aliphatic rings. The highest BCUT2D eigenvalue weighted by molar-refractivity contribution is 6.30. The lowest BCUT2D eigenvalue weighted by Gasteiger charge is -2.09. The van der Waals surface area contributed by atoms with Crippen molar-refractivity contribution in [3.8, 4) is 0 Å². The predicted molar refractivity (Wildman–Crippen MR) is 65.3 cm³/mol. The van der Waals surface area contributed by atoms with Gasteiger partial charge in [0.1, 0.15) is 5.82 Å². The minimum absolute atomic E-state index is 0.0546. The number of nitrogens with one attached hydrogen (secondary N) is 2. The number of carboxylic acids is 1. The van der Waals surface area contributed by atoms with Crippen LogP contribution in [0.5, 0.6) is 0 Å². The molecule has 0 fully saturated rings. The van der Waals surface area contributed by atoms with Crippen molar-refractivity contribution in [2.24, 2.45) is 0 Å². The molecule has 0 aliphatic heterocycles. The van der Waals surface area contributed by atoms with Crippen LogP contribution in [0.3, 0.4) is 0 Å². The van der Waals surface area contributed by atoms with E-state index < -0.39 is 30.5 Å². The van der Waals surface area contributed by atoms with Gasteiger partial charge in [-0.2, -0.15) is 0 Å². The smallest absolute Gasteiger partial charge is 0.334 e. The Balaban J connectivity index is 2.37. The molecule has 6 nitrogen and oxygen atoms in total. The molecule has 104 valence electrons. The molecule has 0 aliphatic carbocycles. The fraction of sp³-hybridized carbons (Fsp3) is 0.273. The zero-order valence-electron chi connectivity index (χ0n) is 9.69. The summed E-state index contributed by atoms with van der Waals surface area (Å²) in [6.07, 6.45) is -1.66. The zero-order chi connectivity index (χ0) is 14.4. The number of halogens is 2. The van der Waals surface area contributed by atoms with E-state index in [1.54, 1.807) is 0 Å². The normalized spacial score (nSPS) is 11.7. The molecule has 0 saturated carbocycles. The molecule has 0 spiro atoms. The van der Waals surface area contributed by atoms with Crippen LogP contribution in [0.25, 0.3) is 0 Å². The standard InChI is InChI=1S/C11H12ClFN2O4/c12-7-3-6(1-2-8(7)13)4-14-11(19)15-5-9(16)10(17)18/h1-3,9,16H,4-5H2,(H,17,18)(H2,14,15,19). The summed E-state index contributed by atoms with van der Waals surface area (Å²) in [6, 6.07) is 3.34. The van der Waals surface area contributed by atoms with E-state index in [0.717, 1.165) is 0 Å². The number of aliphatic hydroxyl groups excluding tert-OH is 1. The fourth-order valence-electron chi connectivity index (χ4n) is 1.17. The first-order valence-electron chi connectivity index (χ1n) is 5.26. The molecular formula is C11H12ClFN2O4. The van der Waals surface area contributed by atoms with Crippen molar-refractivity contribution >= 4 is 23.6 Å². The summed E-state index contributed by atoms with van der Waals surface area (Å²) in [5, 5.41) is 21.8. The van der Waals surface area contributed by atoms with Gasteiger partial charge >= 0.3 is 12.0 Å². The van der Waals surface area contributed by atoms with E-state index in [9.17, 15) is 14.0 Å². The van der Waals surface area contributed by atoms with E-state index in [-0.39, 0.29) is 11.6 Å². The van der Waals surface area contributed by atoms with Gasteiger partial charge in [0.25, 0.3) is 0 Å². The lowest BCUT2D eigenvalue weighted by molar-refractivity contribution is -0.146. The molecule has 0 bridgehead atoms. The van der Waals surface area contributed by atoms with Crippen LogP contribution in [0.4, 0.5) is 9.18 Å². The number of hydrogen-bond acceptors (Lipinski definition) is 3. The Labute approximate surface area is 113 Å². The number of aliphatic hydroxyl groups is 1. The van der Waals surface area contributed by atoms with Crippen LogP contribution in [-0.4, -0.2) is 34.9 Å². The van der Waals surface area contributed by atoms with Gasteiger partial charge in [-0.25, -0.2) is 14.0 Å². The number of carbonyl (C=O) groups is 2. The minimum Gasteiger partial charge on any atom is -0.479 e. The third kappa shape index (κ3) is 5.11. The topological polar surface area (TPSA) is 98.7 Å². The highest BCUT2D eigenvalue weighted by Crippen LogP contribution is 2.15. The Morgan fingerprint density at radius 1 is 1.37 bits per heavy atom. The molecule has 2 amide bonds. The molecule has 19 heavy (non-hydrogen) atoms. The van der Waals surface area contributed by atoms with Crippen LogP contribution in [0, 0.1) is 5.82 Å². The number of carboxylic acid groups (broad SMARTS) is 1. The maximum atomic E-state index is 12.9. The van der Waals surface area contributed by atoms with Crippen LogP contribution >= 0.6 is 11.6 Å². The quantitative estimate of drug-likeness (QED) is 0.642. The molecule has 0 aromatic heterocycles. The molecular weight excluding hydrogens is 279 g/mol. The van der Waals surface area contributed by atoms with Crippen LogP contribution < -0.4 is 10.6 Å². The fourth-order valence-corrected chi connectivity index (χ4v) is 1.37. The molecule has 1 unspecified atom stereocenters. The summed E-state index contributed by atoms with van der Waals surface area (Å²) in [5.41, 5.74) is 0.584. The number of benzene rings is 1. The monoisotopic (exact) mass is 290 g/mol. The Kier molecular flexibility index (Phi) is 5.53. The average molecular weight is 291 g/mol. The van der Waals surface area contributed by atoms with E-state index in [1.165, 1.54) is 18.2 Å². The largest absolute Gasteiger partial charge is 0.479 e. The van der Waals surface area contributed by atoms with Gasteiger partial charge < -0.3 is 20.8 Å². The first-order chi connectivity index (χ1) is 8.90. The van der Waals surface area contributed by atoms with Gasteiger partial charge in [-0.3, -0.25) is 0 Å².